The first-order valence-corrected chi connectivity index (χ1v) is 7.11. The first-order chi connectivity index (χ1) is 11.3. The van der Waals surface area contributed by atoms with Crippen LogP contribution in [-0.4, -0.2) is 65.2 Å². The van der Waals surface area contributed by atoms with Crippen molar-refractivity contribution in [3.05, 3.63) is 37.9 Å². The predicted octanol–water partition coefficient (Wildman–Crippen LogP) is -0.643. The highest BCUT2D eigenvalue weighted by Gasteiger charge is 2.32. The fourth-order valence-corrected chi connectivity index (χ4v) is 2.66. The summed E-state index contributed by atoms with van der Waals surface area (Å²) >= 11 is 0. The van der Waals surface area contributed by atoms with Gasteiger partial charge < -0.3 is 26.1 Å². The van der Waals surface area contributed by atoms with E-state index in [-0.39, 0.29) is 31.5 Å². The van der Waals surface area contributed by atoms with Crippen LogP contribution >= 0.6 is 0 Å². The summed E-state index contributed by atoms with van der Waals surface area (Å²) in [5, 5.41) is 42.4. The molecule has 138 valence electrons. The van der Waals surface area contributed by atoms with Gasteiger partial charge in [0.1, 0.15) is 0 Å². The van der Waals surface area contributed by atoms with E-state index in [0.717, 1.165) is 12.1 Å². The van der Waals surface area contributed by atoms with Gasteiger partial charge in [-0.25, -0.2) is 0 Å². The summed E-state index contributed by atoms with van der Waals surface area (Å²) in [5.41, 5.74) is -2.10. The number of anilines is 1. The zero-order valence-electron chi connectivity index (χ0n) is 13.6. The molecule has 0 bridgehead atoms. The number of hydrogen-bond acceptors (Lipinski definition) is 9. The second kappa shape index (κ2) is 8.32. The number of carboxylic acid groups (broad SMARTS) is 1. The largest absolute Gasteiger partial charge is 0.545 e. The molecule has 12 heteroatoms. The molecule has 25 heavy (non-hydrogen) atoms. The van der Waals surface area contributed by atoms with Crippen molar-refractivity contribution in [2.75, 3.05) is 44.2 Å². The number of β-amino-alcohol motifs (C(OH)–C–C–N with tert-alkyl or cyclic N) is 1. The van der Waals surface area contributed by atoms with E-state index in [1.165, 1.54) is 4.90 Å². The van der Waals surface area contributed by atoms with Crippen molar-refractivity contribution in [2.45, 2.75) is 0 Å². The summed E-state index contributed by atoms with van der Waals surface area (Å²) in [4.78, 5) is 35.2. The minimum Gasteiger partial charge on any atom is -0.545 e. The molecule has 1 aromatic carbocycles. The van der Waals surface area contributed by atoms with Gasteiger partial charge in [-0.15, -0.1) is 0 Å². The van der Waals surface area contributed by atoms with Crippen molar-refractivity contribution < 1.29 is 24.9 Å². The first-order valence-electron chi connectivity index (χ1n) is 7.11. The SMILES string of the molecule is O=C([O-])c1cc([N+](=O)[O-])c(N2CCN(CCO)CC2)c([N+](=O)[O-])c1.[NH4+]. The van der Waals surface area contributed by atoms with E-state index in [1.807, 2.05) is 4.90 Å². The van der Waals surface area contributed by atoms with Crippen LogP contribution in [0.1, 0.15) is 10.4 Å². The number of aliphatic hydroxyl groups excluding tert-OH is 1. The van der Waals surface area contributed by atoms with Gasteiger partial charge in [-0.1, -0.05) is 0 Å². The molecule has 5 N–H and O–H groups in total. The van der Waals surface area contributed by atoms with Crippen molar-refractivity contribution in [3.63, 3.8) is 0 Å². The third kappa shape index (κ3) is 4.37. The Hall–Kier alpha value is -2.83. The van der Waals surface area contributed by atoms with Crippen LogP contribution in [0.2, 0.25) is 0 Å². The number of piperazine rings is 1. The number of carbonyl (C=O) groups is 1. The lowest BCUT2D eigenvalue weighted by atomic mass is 10.1. The van der Waals surface area contributed by atoms with Crippen molar-refractivity contribution >= 4 is 23.0 Å². The van der Waals surface area contributed by atoms with Gasteiger partial charge in [0.25, 0.3) is 11.4 Å². The van der Waals surface area contributed by atoms with Crippen molar-refractivity contribution in [1.82, 2.24) is 11.1 Å². The summed E-state index contributed by atoms with van der Waals surface area (Å²) in [6, 6.07) is 1.55. The number of nitrogens with zero attached hydrogens (tertiary/aromatic N) is 4. The minimum absolute atomic E-state index is 0. The van der Waals surface area contributed by atoms with E-state index < -0.39 is 32.8 Å². The predicted molar refractivity (Wildman–Crippen MR) is 85.8 cm³/mol. The molecule has 1 aliphatic rings. The highest BCUT2D eigenvalue weighted by atomic mass is 16.6. The van der Waals surface area contributed by atoms with Crippen LogP contribution in [0.15, 0.2) is 12.1 Å². The molecule has 0 aromatic heterocycles. The van der Waals surface area contributed by atoms with Crippen LogP contribution in [0.25, 0.3) is 0 Å². The molecule has 0 amide bonds. The fraction of sp³-hybridized carbons (Fsp3) is 0.462. The lowest BCUT2D eigenvalue weighted by molar-refractivity contribution is -0.392. The van der Waals surface area contributed by atoms with Crippen LogP contribution in [0, 0.1) is 20.2 Å². The second-order valence-electron chi connectivity index (χ2n) is 5.22. The molecule has 0 spiro atoms. The van der Waals surface area contributed by atoms with E-state index in [1.54, 1.807) is 0 Å². The molecule has 0 aliphatic carbocycles. The quantitative estimate of drug-likeness (QED) is 0.492. The number of aromatic carboxylic acids is 1. The van der Waals surface area contributed by atoms with Gasteiger partial charge >= 0.3 is 0 Å². The molecule has 12 nitrogen and oxygen atoms in total. The summed E-state index contributed by atoms with van der Waals surface area (Å²) in [7, 11) is 0. The first kappa shape index (κ1) is 20.2. The Kier molecular flexibility index (Phi) is 6.73. The van der Waals surface area contributed by atoms with E-state index in [0.29, 0.717) is 19.6 Å². The molecule has 0 radical (unpaired) electrons. The molecule has 0 unspecified atom stereocenters. The lowest BCUT2D eigenvalue weighted by Crippen LogP contribution is -2.47. The zero-order chi connectivity index (χ0) is 17.9. The van der Waals surface area contributed by atoms with E-state index >= 15 is 0 Å². The van der Waals surface area contributed by atoms with Gasteiger partial charge in [0, 0.05) is 50.4 Å². The molecule has 1 heterocycles. The molecule has 1 aromatic rings. The third-order valence-electron chi connectivity index (χ3n) is 3.80. The minimum atomic E-state index is -1.72. The van der Waals surface area contributed by atoms with Crippen LogP contribution in [0.3, 0.4) is 0 Å². The molecule has 0 atom stereocenters. The van der Waals surface area contributed by atoms with E-state index in [4.69, 9.17) is 5.11 Å². The topological polar surface area (TPSA) is 190 Å². The van der Waals surface area contributed by atoms with E-state index in [9.17, 15) is 30.1 Å². The normalized spacial score (nSPS) is 14.7. The molecule has 1 fully saturated rings. The molecular weight excluding hydrogens is 338 g/mol. The fourth-order valence-electron chi connectivity index (χ4n) is 2.66. The summed E-state index contributed by atoms with van der Waals surface area (Å²) in [6.07, 6.45) is 0. The number of quaternary nitrogens is 1. The third-order valence-corrected chi connectivity index (χ3v) is 3.80. The van der Waals surface area contributed by atoms with Gasteiger partial charge in [-0.3, -0.25) is 25.1 Å². The number of benzene rings is 1. The van der Waals surface area contributed by atoms with E-state index in [2.05, 4.69) is 0 Å². The van der Waals surface area contributed by atoms with Crippen molar-refractivity contribution in [3.8, 4) is 0 Å². The number of carbonyl (C=O) groups excluding carboxylic acids is 1. The van der Waals surface area contributed by atoms with Gasteiger partial charge in [-0.05, 0) is 0 Å². The molecular formula is C13H19N5O7. The second-order valence-corrected chi connectivity index (χ2v) is 5.22. The number of nitro groups is 2. The summed E-state index contributed by atoms with van der Waals surface area (Å²) < 4.78 is 0. The molecule has 2 rings (SSSR count). The Bertz CT molecular complexity index is 638. The zero-order valence-corrected chi connectivity index (χ0v) is 13.6. The monoisotopic (exact) mass is 357 g/mol. The molecule has 1 saturated heterocycles. The number of hydrogen-bond donors (Lipinski definition) is 2. The summed E-state index contributed by atoms with van der Waals surface area (Å²) in [5.74, 6) is -1.72. The maximum Gasteiger partial charge on any atom is 0.300 e. The standard InChI is InChI=1S/C13H16N4O7.H3N/c18-6-5-14-1-3-15(4-2-14)12-10(16(21)22)7-9(13(19)20)8-11(12)17(23)24;/h7-8,18H,1-6H2,(H,19,20);1H3. The van der Waals surface area contributed by atoms with Crippen LogP contribution in [0.5, 0.6) is 0 Å². The van der Waals surface area contributed by atoms with Crippen LogP contribution < -0.4 is 16.2 Å². The van der Waals surface area contributed by atoms with Crippen LogP contribution in [0.4, 0.5) is 17.1 Å². The molecule has 1 aliphatic heterocycles. The van der Waals surface area contributed by atoms with Crippen molar-refractivity contribution in [2.24, 2.45) is 0 Å². The molecule has 0 saturated carbocycles. The maximum atomic E-state index is 11.3. The van der Waals surface area contributed by atoms with Gasteiger partial charge in [0.15, 0.2) is 5.69 Å². The Morgan fingerprint density at radius 1 is 1.08 bits per heavy atom. The highest BCUT2D eigenvalue weighted by Crippen LogP contribution is 2.39. The highest BCUT2D eigenvalue weighted by molar-refractivity contribution is 5.91. The number of aliphatic hydroxyl groups is 1. The average Bonchev–Trinajstić information content (AvgIpc) is 2.54. The Morgan fingerprint density at radius 2 is 1.56 bits per heavy atom. The maximum absolute atomic E-state index is 11.3. The van der Waals surface area contributed by atoms with Crippen LogP contribution in [-0.2, 0) is 0 Å². The average molecular weight is 357 g/mol. The summed E-state index contributed by atoms with van der Waals surface area (Å²) in [6.45, 7) is 1.93. The lowest BCUT2D eigenvalue weighted by Gasteiger charge is -2.35. The Balaban J connectivity index is 0.00000312. The van der Waals surface area contributed by atoms with Gasteiger partial charge in [-0.2, -0.15) is 0 Å². The Morgan fingerprint density at radius 3 is 1.92 bits per heavy atom. The smallest absolute Gasteiger partial charge is 0.300 e. The number of rotatable bonds is 6. The van der Waals surface area contributed by atoms with Crippen molar-refractivity contribution in [1.29, 1.82) is 0 Å². The number of nitro benzene ring substituents is 2. The van der Waals surface area contributed by atoms with Gasteiger partial charge in [0.2, 0.25) is 0 Å². The number of carboxylic acids is 1. The Labute approximate surface area is 142 Å². The van der Waals surface area contributed by atoms with Gasteiger partial charge in [0.05, 0.1) is 22.4 Å².